The summed E-state index contributed by atoms with van der Waals surface area (Å²) in [7, 11) is 1.90. The van der Waals surface area contributed by atoms with E-state index in [2.05, 4.69) is 29.1 Å². The molecule has 0 saturated carbocycles. The van der Waals surface area contributed by atoms with Crippen LogP contribution in [0.25, 0.3) is 0 Å². The molecule has 100 valence electrons. The molecule has 2 rings (SSSR count). The minimum atomic E-state index is -0.133. The number of imidazole rings is 1. The number of hydrogen-bond acceptors (Lipinski definition) is 3. The van der Waals surface area contributed by atoms with E-state index in [1.807, 2.05) is 11.9 Å². The Balaban J connectivity index is 2.03. The first-order chi connectivity index (χ1) is 8.67. The van der Waals surface area contributed by atoms with Crippen molar-refractivity contribution < 1.29 is 4.79 Å². The van der Waals surface area contributed by atoms with E-state index in [0.29, 0.717) is 19.0 Å². The van der Waals surface area contributed by atoms with Crippen molar-refractivity contribution in [1.29, 1.82) is 0 Å². The predicted octanol–water partition coefficient (Wildman–Crippen LogP) is 1.07. The first kappa shape index (κ1) is 13.1. The summed E-state index contributed by atoms with van der Waals surface area (Å²) in [5.74, 6) is 0.178. The van der Waals surface area contributed by atoms with E-state index in [0.717, 1.165) is 24.2 Å². The summed E-state index contributed by atoms with van der Waals surface area (Å²) in [6.45, 7) is 4.94. The van der Waals surface area contributed by atoms with E-state index in [-0.39, 0.29) is 11.9 Å². The van der Waals surface area contributed by atoms with Crippen molar-refractivity contribution in [3.8, 4) is 0 Å². The number of fused-ring (bicyclic) bond motifs is 1. The Morgan fingerprint density at radius 2 is 2.28 bits per heavy atom. The lowest BCUT2D eigenvalue weighted by molar-refractivity contribution is -0.134. The maximum atomic E-state index is 12.4. The van der Waals surface area contributed by atoms with Gasteiger partial charge in [-0.2, -0.15) is 0 Å². The van der Waals surface area contributed by atoms with E-state index in [4.69, 9.17) is 0 Å². The lowest BCUT2D eigenvalue weighted by Crippen LogP contribution is -2.51. The topological polar surface area (TPSA) is 61.0 Å². The average Bonchev–Trinajstić information content (AvgIpc) is 2.86. The van der Waals surface area contributed by atoms with Crippen LogP contribution in [-0.2, 0) is 17.8 Å². The van der Waals surface area contributed by atoms with Crippen LogP contribution in [0, 0.1) is 0 Å². The molecule has 0 aromatic carbocycles. The minimum absolute atomic E-state index is 0.133. The number of carbonyl (C=O) groups is 1. The number of aromatic amines is 1. The Hall–Kier alpha value is -1.36. The first-order valence-electron chi connectivity index (χ1n) is 6.68. The Morgan fingerprint density at radius 3 is 2.94 bits per heavy atom. The Bertz CT molecular complexity index is 411. The molecule has 0 aliphatic carbocycles. The summed E-state index contributed by atoms with van der Waals surface area (Å²) >= 11 is 0. The highest BCUT2D eigenvalue weighted by Gasteiger charge is 2.29. The third kappa shape index (κ3) is 2.41. The van der Waals surface area contributed by atoms with Gasteiger partial charge in [-0.05, 0) is 12.8 Å². The standard InChI is InChI=1S/C13H22N4O/c1-4-9(5-2)17(3)13(18)11-6-10-12(7-14-11)16-8-15-10/h8-9,11,14H,4-7H2,1-3H3,(H,15,16). The Morgan fingerprint density at radius 1 is 1.56 bits per heavy atom. The molecule has 0 spiro atoms. The van der Waals surface area contributed by atoms with Gasteiger partial charge in [-0.1, -0.05) is 13.8 Å². The van der Waals surface area contributed by atoms with Crippen LogP contribution in [0.1, 0.15) is 38.1 Å². The molecule has 5 heteroatoms. The highest BCUT2D eigenvalue weighted by atomic mass is 16.2. The fraction of sp³-hybridized carbons (Fsp3) is 0.692. The van der Waals surface area contributed by atoms with E-state index in [9.17, 15) is 4.79 Å². The van der Waals surface area contributed by atoms with Gasteiger partial charge >= 0.3 is 0 Å². The van der Waals surface area contributed by atoms with Crippen molar-refractivity contribution in [1.82, 2.24) is 20.2 Å². The molecular formula is C13H22N4O. The van der Waals surface area contributed by atoms with E-state index in [1.165, 1.54) is 0 Å². The quantitative estimate of drug-likeness (QED) is 0.840. The van der Waals surface area contributed by atoms with Crippen LogP contribution in [-0.4, -0.2) is 39.9 Å². The Kier molecular flexibility index (Phi) is 4.01. The largest absolute Gasteiger partial charge is 0.347 e. The van der Waals surface area contributed by atoms with Gasteiger partial charge in [0.25, 0.3) is 0 Å². The van der Waals surface area contributed by atoms with Gasteiger partial charge in [0.2, 0.25) is 5.91 Å². The van der Waals surface area contributed by atoms with Crippen molar-refractivity contribution in [2.24, 2.45) is 0 Å². The van der Waals surface area contributed by atoms with Crippen LogP contribution in [0.5, 0.6) is 0 Å². The van der Waals surface area contributed by atoms with Gasteiger partial charge in [-0.3, -0.25) is 10.1 Å². The molecule has 1 amide bonds. The molecule has 1 aromatic rings. The zero-order valence-electron chi connectivity index (χ0n) is 11.4. The molecule has 5 nitrogen and oxygen atoms in total. The minimum Gasteiger partial charge on any atom is -0.347 e. The number of aromatic nitrogens is 2. The molecular weight excluding hydrogens is 228 g/mol. The second kappa shape index (κ2) is 5.52. The Labute approximate surface area is 108 Å². The molecule has 1 aliphatic heterocycles. The van der Waals surface area contributed by atoms with Crippen molar-refractivity contribution in [3.05, 3.63) is 17.7 Å². The van der Waals surface area contributed by atoms with Crippen molar-refractivity contribution in [2.45, 2.75) is 51.7 Å². The number of hydrogen-bond donors (Lipinski definition) is 2. The molecule has 1 aliphatic rings. The van der Waals surface area contributed by atoms with Crippen LogP contribution >= 0.6 is 0 Å². The molecule has 0 fully saturated rings. The maximum absolute atomic E-state index is 12.4. The zero-order valence-corrected chi connectivity index (χ0v) is 11.4. The summed E-state index contributed by atoms with van der Waals surface area (Å²) in [6, 6.07) is 0.200. The summed E-state index contributed by atoms with van der Waals surface area (Å²) < 4.78 is 0. The zero-order chi connectivity index (χ0) is 13.1. The molecule has 0 radical (unpaired) electrons. The summed E-state index contributed by atoms with van der Waals surface area (Å²) in [4.78, 5) is 21.7. The molecule has 0 bridgehead atoms. The van der Waals surface area contributed by atoms with Crippen LogP contribution in [0.15, 0.2) is 6.33 Å². The summed E-state index contributed by atoms with van der Waals surface area (Å²) in [5, 5.41) is 3.28. The van der Waals surface area contributed by atoms with Crippen molar-refractivity contribution in [2.75, 3.05) is 7.05 Å². The second-order valence-corrected chi connectivity index (χ2v) is 4.88. The van der Waals surface area contributed by atoms with Crippen LogP contribution in [0.3, 0.4) is 0 Å². The van der Waals surface area contributed by atoms with Gasteiger partial charge in [0, 0.05) is 26.1 Å². The molecule has 18 heavy (non-hydrogen) atoms. The smallest absolute Gasteiger partial charge is 0.240 e. The monoisotopic (exact) mass is 250 g/mol. The first-order valence-corrected chi connectivity index (χ1v) is 6.68. The summed E-state index contributed by atoms with van der Waals surface area (Å²) in [6.07, 6.45) is 4.38. The predicted molar refractivity (Wildman–Crippen MR) is 70.1 cm³/mol. The second-order valence-electron chi connectivity index (χ2n) is 4.88. The molecule has 2 N–H and O–H groups in total. The van der Waals surface area contributed by atoms with Gasteiger partial charge in [-0.25, -0.2) is 4.98 Å². The number of carbonyl (C=O) groups excluding carboxylic acids is 1. The number of H-pyrrole nitrogens is 1. The van der Waals surface area contributed by atoms with Gasteiger partial charge in [0.15, 0.2) is 0 Å². The van der Waals surface area contributed by atoms with E-state index >= 15 is 0 Å². The number of amides is 1. The number of nitrogens with zero attached hydrogens (tertiary/aromatic N) is 2. The molecule has 1 unspecified atom stereocenters. The third-order valence-corrected chi connectivity index (χ3v) is 3.87. The molecule has 0 saturated heterocycles. The average molecular weight is 250 g/mol. The lowest BCUT2D eigenvalue weighted by Gasteiger charge is -2.31. The highest BCUT2D eigenvalue weighted by molar-refractivity contribution is 5.82. The van der Waals surface area contributed by atoms with Gasteiger partial charge in [0.1, 0.15) is 0 Å². The van der Waals surface area contributed by atoms with Crippen molar-refractivity contribution in [3.63, 3.8) is 0 Å². The number of nitrogens with one attached hydrogen (secondary N) is 2. The lowest BCUT2D eigenvalue weighted by atomic mass is 10.0. The third-order valence-electron chi connectivity index (χ3n) is 3.87. The van der Waals surface area contributed by atoms with Crippen LogP contribution in [0.4, 0.5) is 0 Å². The van der Waals surface area contributed by atoms with E-state index in [1.54, 1.807) is 6.33 Å². The molecule has 2 heterocycles. The maximum Gasteiger partial charge on any atom is 0.240 e. The van der Waals surface area contributed by atoms with Crippen molar-refractivity contribution >= 4 is 5.91 Å². The fourth-order valence-corrected chi connectivity index (χ4v) is 2.61. The van der Waals surface area contributed by atoms with Gasteiger partial charge < -0.3 is 9.88 Å². The van der Waals surface area contributed by atoms with Crippen LogP contribution in [0.2, 0.25) is 0 Å². The SMILES string of the molecule is CCC(CC)N(C)C(=O)C1Cc2nc[nH]c2CN1. The van der Waals surface area contributed by atoms with Gasteiger partial charge in [0.05, 0.1) is 23.8 Å². The number of rotatable bonds is 4. The number of likely N-dealkylation sites (N-methyl/N-ethyl adjacent to an activating group) is 1. The van der Waals surface area contributed by atoms with E-state index < -0.39 is 0 Å². The van der Waals surface area contributed by atoms with Gasteiger partial charge in [-0.15, -0.1) is 0 Å². The molecule has 1 atom stereocenters. The molecule has 1 aromatic heterocycles. The normalized spacial score (nSPS) is 18.8. The van der Waals surface area contributed by atoms with Crippen LogP contribution < -0.4 is 5.32 Å². The highest BCUT2D eigenvalue weighted by Crippen LogP contribution is 2.15. The summed E-state index contributed by atoms with van der Waals surface area (Å²) in [5.41, 5.74) is 2.12. The fourth-order valence-electron chi connectivity index (χ4n) is 2.61.